The van der Waals surface area contributed by atoms with Gasteiger partial charge >= 0.3 is 0 Å². The van der Waals surface area contributed by atoms with Gasteiger partial charge in [-0.3, -0.25) is 9.00 Å². The molecule has 0 bridgehead atoms. The van der Waals surface area contributed by atoms with Crippen LogP contribution in [-0.2, 0) is 32.6 Å². The number of benzene rings is 3. The van der Waals surface area contributed by atoms with Crippen molar-refractivity contribution < 1.29 is 18.5 Å². The minimum absolute atomic E-state index is 0.110. The molecule has 1 aromatic heterocycles. The van der Waals surface area contributed by atoms with E-state index in [4.69, 9.17) is 9.47 Å². The fourth-order valence-corrected chi connectivity index (χ4v) is 7.40. The summed E-state index contributed by atoms with van der Waals surface area (Å²) >= 11 is 0. The molecule has 272 valence electrons. The lowest BCUT2D eigenvalue weighted by molar-refractivity contribution is -0.112. The predicted molar refractivity (Wildman–Crippen MR) is 210 cm³/mol. The van der Waals surface area contributed by atoms with E-state index in [0.29, 0.717) is 37.0 Å². The summed E-state index contributed by atoms with van der Waals surface area (Å²) in [6.45, 7) is 13.4. The smallest absolute Gasteiger partial charge is 0.251 e. The van der Waals surface area contributed by atoms with Crippen LogP contribution in [0.25, 0.3) is 17.2 Å². The average molecular weight is 711 g/mol. The number of nitrogens with one attached hydrogen (secondary N) is 1. The van der Waals surface area contributed by atoms with Crippen molar-refractivity contribution in [2.75, 3.05) is 43.1 Å². The van der Waals surface area contributed by atoms with Gasteiger partial charge in [-0.25, -0.2) is 4.98 Å². The maximum atomic E-state index is 13.8. The molecule has 2 heterocycles. The molecule has 1 N–H and O–H groups in total. The Kier molecular flexibility index (Phi) is 14.5. The van der Waals surface area contributed by atoms with Crippen LogP contribution in [0.3, 0.4) is 0 Å². The molecule has 0 saturated heterocycles. The third-order valence-corrected chi connectivity index (χ3v) is 10.3. The molecule has 5 rings (SSSR count). The summed E-state index contributed by atoms with van der Waals surface area (Å²) in [7, 11) is -1.22. The van der Waals surface area contributed by atoms with E-state index in [2.05, 4.69) is 83.9 Å². The van der Waals surface area contributed by atoms with Crippen molar-refractivity contribution in [3.63, 3.8) is 0 Å². The molecule has 8 nitrogen and oxygen atoms in total. The first-order chi connectivity index (χ1) is 24.8. The summed E-state index contributed by atoms with van der Waals surface area (Å²) in [6, 6.07) is 22.1. The van der Waals surface area contributed by atoms with Gasteiger partial charge in [-0.05, 0) is 109 Å². The zero-order valence-electron chi connectivity index (χ0n) is 30.7. The molecule has 9 heteroatoms. The van der Waals surface area contributed by atoms with Crippen molar-refractivity contribution in [3.8, 4) is 16.9 Å². The number of aromatic nitrogens is 2. The van der Waals surface area contributed by atoms with Gasteiger partial charge in [-0.2, -0.15) is 0 Å². The molecule has 1 amide bonds. The number of imidazole rings is 1. The second-order valence-corrected chi connectivity index (χ2v) is 15.1. The molecule has 51 heavy (non-hydrogen) atoms. The molecule has 0 unspecified atom stereocenters. The van der Waals surface area contributed by atoms with E-state index in [1.165, 1.54) is 0 Å². The summed E-state index contributed by atoms with van der Waals surface area (Å²) in [5.74, 6) is 1.62. The number of nitrogens with zero attached hydrogens (tertiary/aromatic N) is 3. The summed E-state index contributed by atoms with van der Waals surface area (Å²) in [5.41, 5.74) is 6.76. The minimum atomic E-state index is -1.22. The molecular formula is C42H54N4O4S. The van der Waals surface area contributed by atoms with E-state index in [-0.39, 0.29) is 5.91 Å². The first-order valence-electron chi connectivity index (χ1n) is 18.5. The molecule has 0 saturated carbocycles. The van der Waals surface area contributed by atoms with Crippen LogP contribution >= 0.6 is 0 Å². The van der Waals surface area contributed by atoms with Crippen LogP contribution < -0.4 is 15.0 Å². The Labute approximate surface area is 306 Å². The van der Waals surface area contributed by atoms with Crippen molar-refractivity contribution in [2.45, 2.75) is 83.4 Å². The first-order valence-corrected chi connectivity index (χ1v) is 19.9. The van der Waals surface area contributed by atoms with Crippen molar-refractivity contribution in [1.82, 2.24) is 9.55 Å². The van der Waals surface area contributed by atoms with E-state index >= 15 is 0 Å². The molecule has 1 aliphatic rings. The zero-order valence-corrected chi connectivity index (χ0v) is 31.6. The topological polar surface area (TPSA) is 85.7 Å². The third kappa shape index (κ3) is 11.1. The highest BCUT2D eigenvalue weighted by Gasteiger charge is 2.19. The van der Waals surface area contributed by atoms with Gasteiger partial charge in [0, 0.05) is 54.3 Å². The van der Waals surface area contributed by atoms with E-state index in [0.717, 1.165) is 103 Å². The van der Waals surface area contributed by atoms with Gasteiger partial charge in [0.15, 0.2) is 0 Å². The monoisotopic (exact) mass is 710 g/mol. The van der Waals surface area contributed by atoms with Gasteiger partial charge in [0.25, 0.3) is 5.91 Å². The number of aryl methyl sites for hydroxylation is 1. The van der Waals surface area contributed by atoms with Gasteiger partial charge < -0.3 is 24.3 Å². The Hall–Kier alpha value is -4.21. The van der Waals surface area contributed by atoms with Crippen LogP contribution in [0.1, 0.15) is 77.5 Å². The molecule has 1 aliphatic heterocycles. The van der Waals surface area contributed by atoms with Gasteiger partial charge in [0.2, 0.25) is 0 Å². The van der Waals surface area contributed by atoms with Crippen LogP contribution in [0.4, 0.5) is 11.4 Å². The maximum absolute atomic E-state index is 13.8. The van der Waals surface area contributed by atoms with E-state index in [1.807, 2.05) is 36.4 Å². The SMILES string of the molecule is CCCCOCCOc1ccc(-c2ccc3c(c2)/C=C(/C(=O)Nc2ccc([S@@](=O)Cc4cncn4CCC)cc2)CCCCN3CC(C)C)cc1. The van der Waals surface area contributed by atoms with Crippen LogP contribution in [0.2, 0.25) is 0 Å². The predicted octanol–water partition coefficient (Wildman–Crippen LogP) is 9.13. The Morgan fingerprint density at radius 1 is 0.941 bits per heavy atom. The molecule has 3 aromatic carbocycles. The second kappa shape index (κ2) is 19.4. The average Bonchev–Trinajstić information content (AvgIpc) is 3.59. The molecule has 4 aromatic rings. The number of ether oxygens (including phenoxy) is 2. The quantitative estimate of drug-likeness (QED) is 0.110. The van der Waals surface area contributed by atoms with Crippen LogP contribution in [0.15, 0.2) is 89.7 Å². The Balaban J connectivity index is 1.32. The highest BCUT2D eigenvalue weighted by Crippen LogP contribution is 2.33. The number of carbonyl (C=O) groups excluding carboxylic acids is 1. The van der Waals surface area contributed by atoms with Gasteiger partial charge in [0.1, 0.15) is 12.4 Å². The fraction of sp³-hybridized carbons (Fsp3) is 0.429. The molecule has 0 radical (unpaired) electrons. The number of unbranched alkanes of at least 4 members (excludes halogenated alkanes) is 1. The van der Waals surface area contributed by atoms with Crippen LogP contribution in [0.5, 0.6) is 5.75 Å². The summed E-state index contributed by atoms with van der Waals surface area (Å²) in [4.78, 5) is 21.2. The first kappa shape index (κ1) is 38.0. The third-order valence-electron chi connectivity index (χ3n) is 8.94. The summed E-state index contributed by atoms with van der Waals surface area (Å²) in [6.07, 6.45) is 11.4. The van der Waals surface area contributed by atoms with E-state index in [1.54, 1.807) is 12.5 Å². The standard InChI is InChI=1S/C42H54N4O4S/c1-5-7-23-49-24-25-50-39-16-11-33(12-17-39)34-13-20-41-36(26-34)27-35(10-8-9-22-45(41)29-32(3)4)42(47)44-37-14-18-40(19-15-37)51(48)30-38-28-43-31-46(38)21-6-2/h11-20,26-28,31-32H,5-10,21-25,29-30H2,1-4H3,(H,44,47)/b35-27+/t51-/m0/s1. The number of carbonyl (C=O) groups is 1. The van der Waals surface area contributed by atoms with Crippen molar-refractivity contribution in [1.29, 1.82) is 0 Å². The zero-order chi connectivity index (χ0) is 36.0. The number of hydrogen-bond donors (Lipinski definition) is 1. The molecular weight excluding hydrogens is 657 g/mol. The number of amides is 1. The lowest BCUT2D eigenvalue weighted by Crippen LogP contribution is -2.29. The number of fused-ring (bicyclic) bond motifs is 1. The highest BCUT2D eigenvalue weighted by molar-refractivity contribution is 7.84. The fourth-order valence-electron chi connectivity index (χ4n) is 6.29. The van der Waals surface area contributed by atoms with Gasteiger partial charge in [0.05, 0.1) is 35.2 Å². The second-order valence-electron chi connectivity index (χ2n) is 13.6. The Bertz CT molecular complexity index is 1750. The van der Waals surface area contributed by atoms with E-state index in [9.17, 15) is 9.00 Å². The van der Waals surface area contributed by atoms with E-state index < -0.39 is 10.8 Å². The van der Waals surface area contributed by atoms with Gasteiger partial charge in [-0.15, -0.1) is 0 Å². The summed E-state index contributed by atoms with van der Waals surface area (Å²) in [5, 5.41) is 3.12. The lowest BCUT2D eigenvalue weighted by Gasteiger charge is -2.28. The summed E-state index contributed by atoms with van der Waals surface area (Å²) < 4.78 is 26.7. The number of anilines is 2. The largest absolute Gasteiger partial charge is 0.491 e. The Morgan fingerprint density at radius 3 is 2.47 bits per heavy atom. The van der Waals surface area contributed by atoms with Crippen molar-refractivity contribution >= 4 is 34.2 Å². The van der Waals surface area contributed by atoms with Crippen LogP contribution in [-0.4, -0.2) is 52.6 Å². The van der Waals surface area contributed by atoms with Crippen molar-refractivity contribution in [2.24, 2.45) is 5.92 Å². The van der Waals surface area contributed by atoms with Crippen molar-refractivity contribution in [3.05, 3.63) is 96.1 Å². The Morgan fingerprint density at radius 2 is 1.73 bits per heavy atom. The van der Waals surface area contributed by atoms with Crippen LogP contribution in [0, 0.1) is 5.92 Å². The molecule has 0 spiro atoms. The minimum Gasteiger partial charge on any atom is -0.491 e. The molecule has 1 atom stereocenters. The number of rotatable bonds is 17. The normalized spacial score (nSPS) is 14.9. The molecule has 0 aliphatic carbocycles. The molecule has 0 fully saturated rings. The highest BCUT2D eigenvalue weighted by atomic mass is 32.2. The lowest BCUT2D eigenvalue weighted by atomic mass is 9.98. The number of hydrogen-bond acceptors (Lipinski definition) is 6. The van der Waals surface area contributed by atoms with Gasteiger partial charge in [-0.1, -0.05) is 52.3 Å². The maximum Gasteiger partial charge on any atom is 0.251 e.